The molecule has 1 fully saturated rings. The monoisotopic (exact) mass is 142 g/mol. The van der Waals surface area contributed by atoms with Crippen LogP contribution in [0.15, 0.2) is 0 Å². The lowest BCUT2D eigenvalue weighted by atomic mass is 9.90. The second-order valence-corrected chi connectivity index (χ2v) is 4.29. The molecule has 0 bridgehead atoms. The van der Waals surface area contributed by atoms with Gasteiger partial charge in [0.05, 0.1) is 0 Å². The van der Waals surface area contributed by atoms with Crippen LogP contribution >= 0.6 is 0 Å². The molecule has 0 aromatic carbocycles. The van der Waals surface area contributed by atoms with E-state index in [0.29, 0.717) is 12.0 Å². The van der Waals surface area contributed by atoms with E-state index in [1.165, 1.54) is 19.3 Å². The van der Waals surface area contributed by atoms with E-state index in [4.69, 9.17) is 5.11 Å². The molecule has 0 spiro atoms. The first-order valence-electron chi connectivity index (χ1n) is 4.25. The van der Waals surface area contributed by atoms with Crippen LogP contribution in [0.5, 0.6) is 0 Å². The molecule has 0 heterocycles. The third-order valence-electron chi connectivity index (χ3n) is 2.61. The molecule has 0 aliphatic heterocycles. The van der Waals surface area contributed by atoms with Crippen molar-refractivity contribution < 1.29 is 5.11 Å². The zero-order valence-electron chi connectivity index (χ0n) is 7.06. The predicted octanol–water partition coefficient (Wildman–Crippen LogP) is 2.20. The van der Waals surface area contributed by atoms with E-state index in [-0.39, 0.29) is 0 Å². The van der Waals surface area contributed by atoms with Crippen molar-refractivity contribution in [3.63, 3.8) is 0 Å². The van der Waals surface area contributed by atoms with Gasteiger partial charge in [0.15, 0.2) is 0 Å². The van der Waals surface area contributed by atoms with Gasteiger partial charge in [-0.25, -0.2) is 0 Å². The van der Waals surface area contributed by atoms with Crippen LogP contribution in [0.25, 0.3) is 0 Å². The van der Waals surface area contributed by atoms with Gasteiger partial charge in [0.25, 0.3) is 0 Å². The highest BCUT2D eigenvalue weighted by atomic mass is 16.3. The molecule has 0 saturated heterocycles. The molecule has 1 nitrogen and oxygen atoms in total. The van der Waals surface area contributed by atoms with Crippen molar-refractivity contribution in [3.05, 3.63) is 0 Å². The van der Waals surface area contributed by atoms with Gasteiger partial charge >= 0.3 is 0 Å². The first-order chi connectivity index (χ1) is 4.64. The van der Waals surface area contributed by atoms with E-state index in [1.54, 1.807) is 0 Å². The number of aliphatic hydroxyl groups excluding tert-OH is 1. The Morgan fingerprint density at radius 2 is 2.20 bits per heavy atom. The largest absolute Gasteiger partial charge is 0.396 e. The summed E-state index contributed by atoms with van der Waals surface area (Å²) in [4.78, 5) is 0. The fourth-order valence-electron chi connectivity index (χ4n) is 2.01. The van der Waals surface area contributed by atoms with E-state index in [2.05, 4.69) is 13.8 Å². The third-order valence-corrected chi connectivity index (χ3v) is 2.61. The molecule has 1 aliphatic carbocycles. The van der Waals surface area contributed by atoms with Gasteiger partial charge in [-0.05, 0) is 37.0 Å². The van der Waals surface area contributed by atoms with Crippen molar-refractivity contribution in [1.29, 1.82) is 0 Å². The van der Waals surface area contributed by atoms with Crippen LogP contribution in [-0.2, 0) is 0 Å². The van der Waals surface area contributed by atoms with Crippen molar-refractivity contribution in [2.45, 2.75) is 39.5 Å². The quantitative estimate of drug-likeness (QED) is 0.626. The Labute approximate surface area is 63.4 Å². The average Bonchev–Trinajstić information content (AvgIpc) is 2.12. The smallest absolute Gasteiger partial charge is 0.0433 e. The summed E-state index contributed by atoms with van der Waals surface area (Å²) in [5.74, 6) is 0.806. The first kappa shape index (κ1) is 8.06. The minimum atomic E-state index is 0.376. The van der Waals surface area contributed by atoms with Gasteiger partial charge in [0.2, 0.25) is 0 Å². The summed E-state index contributed by atoms with van der Waals surface area (Å²) in [5.41, 5.74) is 0.555. The maximum Gasteiger partial charge on any atom is 0.0433 e. The third kappa shape index (κ3) is 1.98. The number of hydrogen-bond acceptors (Lipinski definition) is 1. The van der Waals surface area contributed by atoms with Gasteiger partial charge in [-0.1, -0.05) is 13.8 Å². The van der Waals surface area contributed by atoms with Gasteiger partial charge in [-0.2, -0.15) is 0 Å². The summed E-state index contributed by atoms with van der Waals surface area (Å²) in [5, 5.41) is 8.70. The highest BCUT2D eigenvalue weighted by Gasteiger charge is 2.29. The van der Waals surface area contributed by atoms with Crippen molar-refractivity contribution in [2.24, 2.45) is 11.3 Å². The van der Waals surface area contributed by atoms with Crippen LogP contribution in [0, 0.1) is 11.3 Å². The Balaban J connectivity index is 2.29. The summed E-state index contributed by atoms with van der Waals surface area (Å²) < 4.78 is 0. The summed E-state index contributed by atoms with van der Waals surface area (Å²) in [7, 11) is 0. The molecule has 10 heavy (non-hydrogen) atoms. The second-order valence-electron chi connectivity index (χ2n) is 4.29. The number of rotatable bonds is 2. The van der Waals surface area contributed by atoms with Crippen LogP contribution in [0.2, 0.25) is 0 Å². The molecule has 1 atom stereocenters. The first-order valence-corrected chi connectivity index (χ1v) is 4.25. The van der Waals surface area contributed by atoms with Crippen LogP contribution in [0.1, 0.15) is 39.5 Å². The van der Waals surface area contributed by atoms with Gasteiger partial charge in [-0.15, -0.1) is 0 Å². The molecule has 1 heteroatoms. The van der Waals surface area contributed by atoms with Crippen molar-refractivity contribution in [3.8, 4) is 0 Å². The topological polar surface area (TPSA) is 20.2 Å². The van der Waals surface area contributed by atoms with Crippen LogP contribution in [0.3, 0.4) is 0 Å². The standard InChI is InChI=1S/C9H18O/c1-9(2)5-3-8(7-9)4-6-10/h8,10H,3-7H2,1-2H3/t8-/m1/s1. The Kier molecular flexibility index (Phi) is 2.35. The average molecular weight is 142 g/mol. The fraction of sp³-hybridized carbons (Fsp3) is 1.00. The lowest BCUT2D eigenvalue weighted by Crippen LogP contribution is -2.05. The predicted molar refractivity (Wildman–Crippen MR) is 42.8 cm³/mol. The Morgan fingerprint density at radius 1 is 1.50 bits per heavy atom. The SMILES string of the molecule is CC1(C)CC[C@H](CCO)C1. The molecule has 0 amide bonds. The highest BCUT2D eigenvalue weighted by molar-refractivity contribution is 4.81. The fourth-order valence-corrected chi connectivity index (χ4v) is 2.01. The molecule has 0 aromatic heterocycles. The van der Waals surface area contributed by atoms with Crippen LogP contribution < -0.4 is 0 Å². The zero-order chi connectivity index (χ0) is 7.61. The van der Waals surface area contributed by atoms with Crippen molar-refractivity contribution in [2.75, 3.05) is 6.61 Å². The zero-order valence-corrected chi connectivity index (χ0v) is 7.06. The summed E-state index contributed by atoms with van der Waals surface area (Å²) in [6.07, 6.45) is 5.00. The summed E-state index contributed by atoms with van der Waals surface area (Å²) in [6, 6.07) is 0. The highest BCUT2D eigenvalue weighted by Crippen LogP contribution is 2.41. The van der Waals surface area contributed by atoms with E-state index >= 15 is 0 Å². The van der Waals surface area contributed by atoms with E-state index in [0.717, 1.165) is 12.3 Å². The maximum absolute atomic E-state index is 8.70. The minimum Gasteiger partial charge on any atom is -0.396 e. The molecule has 1 N–H and O–H groups in total. The van der Waals surface area contributed by atoms with Gasteiger partial charge < -0.3 is 5.11 Å². The number of aliphatic hydroxyl groups is 1. The Hall–Kier alpha value is -0.0400. The summed E-state index contributed by atoms with van der Waals surface area (Å²) >= 11 is 0. The van der Waals surface area contributed by atoms with Crippen molar-refractivity contribution in [1.82, 2.24) is 0 Å². The number of hydrogen-bond donors (Lipinski definition) is 1. The normalized spacial score (nSPS) is 30.9. The molecule has 1 aliphatic rings. The molecule has 0 unspecified atom stereocenters. The maximum atomic E-state index is 8.70. The Bertz CT molecular complexity index is 107. The van der Waals surface area contributed by atoms with E-state index in [1.807, 2.05) is 0 Å². The van der Waals surface area contributed by atoms with Gasteiger partial charge in [0.1, 0.15) is 0 Å². The lowest BCUT2D eigenvalue weighted by molar-refractivity contribution is 0.250. The molecule has 1 saturated carbocycles. The molecule has 60 valence electrons. The van der Waals surface area contributed by atoms with Crippen molar-refractivity contribution >= 4 is 0 Å². The molecule has 0 radical (unpaired) electrons. The van der Waals surface area contributed by atoms with Crippen LogP contribution in [-0.4, -0.2) is 11.7 Å². The molecule has 1 rings (SSSR count). The molecular weight excluding hydrogens is 124 g/mol. The molecule has 0 aromatic rings. The molecular formula is C9H18O. The minimum absolute atomic E-state index is 0.376. The van der Waals surface area contributed by atoms with E-state index < -0.39 is 0 Å². The van der Waals surface area contributed by atoms with Gasteiger partial charge in [-0.3, -0.25) is 0 Å². The van der Waals surface area contributed by atoms with Gasteiger partial charge in [0, 0.05) is 6.61 Å². The van der Waals surface area contributed by atoms with Crippen LogP contribution in [0.4, 0.5) is 0 Å². The second kappa shape index (κ2) is 2.91. The van der Waals surface area contributed by atoms with E-state index in [9.17, 15) is 0 Å². The lowest BCUT2D eigenvalue weighted by Gasteiger charge is -2.16. The summed E-state index contributed by atoms with van der Waals surface area (Å²) in [6.45, 7) is 5.02. The Morgan fingerprint density at radius 3 is 2.60 bits per heavy atom.